The van der Waals surface area contributed by atoms with E-state index in [0.717, 1.165) is 28.2 Å². The van der Waals surface area contributed by atoms with E-state index >= 15 is 0 Å². The zero-order valence-electron chi connectivity index (χ0n) is 20.4. The molecule has 36 heavy (non-hydrogen) atoms. The number of ether oxygens (including phenoxy) is 2. The summed E-state index contributed by atoms with van der Waals surface area (Å²) in [6.07, 6.45) is 0.933. The van der Waals surface area contributed by atoms with Gasteiger partial charge in [0, 0.05) is 29.6 Å². The average molecular weight is 503 g/mol. The maximum absolute atomic E-state index is 13.9. The SMILES string of the molecule is COc1ccc(C2CC(=O)C3=C(C2)Nc2ccccc2N(C(C)=O)C3c2ccc(Cl)cc2)cc1OC. The van der Waals surface area contributed by atoms with Gasteiger partial charge in [0.05, 0.1) is 31.6 Å². The minimum Gasteiger partial charge on any atom is -0.493 e. The Balaban J connectivity index is 1.66. The Morgan fingerprint density at radius 3 is 2.33 bits per heavy atom. The summed E-state index contributed by atoms with van der Waals surface area (Å²) in [4.78, 5) is 28.7. The van der Waals surface area contributed by atoms with Crippen LogP contribution in [-0.2, 0) is 9.59 Å². The summed E-state index contributed by atoms with van der Waals surface area (Å²) in [6, 6.07) is 20.2. The van der Waals surface area contributed by atoms with E-state index < -0.39 is 6.04 Å². The van der Waals surface area contributed by atoms with Crippen molar-refractivity contribution in [2.24, 2.45) is 0 Å². The molecule has 0 saturated carbocycles. The summed E-state index contributed by atoms with van der Waals surface area (Å²) in [6.45, 7) is 1.53. The molecule has 6 nitrogen and oxygen atoms in total. The van der Waals surface area contributed by atoms with E-state index in [4.69, 9.17) is 21.1 Å². The molecule has 3 aromatic rings. The molecule has 0 fully saturated rings. The summed E-state index contributed by atoms with van der Waals surface area (Å²) in [7, 11) is 3.20. The molecule has 184 valence electrons. The smallest absolute Gasteiger partial charge is 0.224 e. The van der Waals surface area contributed by atoms with E-state index in [2.05, 4.69) is 5.32 Å². The van der Waals surface area contributed by atoms with Gasteiger partial charge in [-0.3, -0.25) is 14.5 Å². The highest BCUT2D eigenvalue weighted by Crippen LogP contribution is 2.48. The molecule has 2 unspecified atom stereocenters. The second kappa shape index (κ2) is 9.70. The molecule has 7 heteroatoms. The number of anilines is 2. The standard InChI is InChI=1S/C29H27ClN2O4/c1-17(33)32-24-7-5-4-6-22(24)31-23-14-20(19-10-13-26(35-2)27(16-19)36-3)15-25(34)28(23)29(32)18-8-11-21(30)12-9-18/h4-13,16,20,29,31H,14-15H2,1-3H3. The molecule has 2 aliphatic rings. The van der Waals surface area contributed by atoms with Gasteiger partial charge in [0.25, 0.3) is 0 Å². The van der Waals surface area contributed by atoms with Gasteiger partial charge in [-0.15, -0.1) is 0 Å². The second-order valence-electron chi connectivity index (χ2n) is 9.02. The topological polar surface area (TPSA) is 67.9 Å². The number of benzene rings is 3. The van der Waals surface area contributed by atoms with Crippen molar-refractivity contribution in [3.8, 4) is 11.5 Å². The Hall–Kier alpha value is -3.77. The van der Waals surface area contributed by atoms with Crippen LogP contribution in [0, 0.1) is 0 Å². The fourth-order valence-corrected chi connectivity index (χ4v) is 5.37. The number of allylic oxidation sites excluding steroid dienone is 1. The number of para-hydroxylation sites is 2. The Kier molecular flexibility index (Phi) is 6.46. The lowest BCUT2D eigenvalue weighted by atomic mass is 9.78. The van der Waals surface area contributed by atoms with Gasteiger partial charge < -0.3 is 14.8 Å². The number of Topliss-reactive ketones (excluding diaryl/α,β-unsaturated/α-hetero) is 1. The molecule has 0 spiro atoms. The summed E-state index contributed by atoms with van der Waals surface area (Å²) in [5, 5.41) is 4.12. The van der Waals surface area contributed by atoms with Crippen molar-refractivity contribution in [1.29, 1.82) is 0 Å². The van der Waals surface area contributed by atoms with Crippen LogP contribution < -0.4 is 19.7 Å². The number of hydrogen-bond acceptors (Lipinski definition) is 5. The number of methoxy groups -OCH3 is 2. The lowest BCUT2D eigenvalue weighted by Gasteiger charge is -2.34. The van der Waals surface area contributed by atoms with E-state index in [9.17, 15) is 9.59 Å². The van der Waals surface area contributed by atoms with E-state index in [1.54, 1.807) is 31.3 Å². The lowest BCUT2D eigenvalue weighted by molar-refractivity contribution is -0.117. The first-order valence-electron chi connectivity index (χ1n) is 11.8. The molecule has 0 radical (unpaired) electrons. The van der Waals surface area contributed by atoms with Crippen LogP contribution in [0.2, 0.25) is 5.02 Å². The van der Waals surface area contributed by atoms with Crippen LogP contribution >= 0.6 is 11.6 Å². The maximum atomic E-state index is 13.9. The first kappa shape index (κ1) is 23.9. The zero-order chi connectivity index (χ0) is 25.4. The van der Waals surface area contributed by atoms with Crippen molar-refractivity contribution in [3.05, 3.63) is 94.1 Å². The molecule has 1 N–H and O–H groups in total. The first-order valence-corrected chi connectivity index (χ1v) is 12.2. The Labute approximate surface area is 215 Å². The molecule has 0 saturated heterocycles. The van der Waals surface area contributed by atoms with Crippen molar-refractivity contribution in [1.82, 2.24) is 0 Å². The molecular formula is C29H27ClN2O4. The minimum absolute atomic E-state index is 0.00235. The fourth-order valence-electron chi connectivity index (χ4n) is 5.24. The molecule has 0 aromatic heterocycles. The van der Waals surface area contributed by atoms with Crippen LogP contribution in [0.4, 0.5) is 11.4 Å². The Bertz CT molecular complexity index is 1370. The summed E-state index contributed by atoms with van der Waals surface area (Å²) >= 11 is 6.17. The largest absolute Gasteiger partial charge is 0.493 e. The molecule has 1 heterocycles. The minimum atomic E-state index is -0.565. The van der Waals surface area contributed by atoms with Crippen LogP contribution in [-0.4, -0.2) is 25.9 Å². The van der Waals surface area contributed by atoms with Gasteiger partial charge in [-0.05, 0) is 59.9 Å². The fraction of sp³-hybridized carbons (Fsp3) is 0.241. The van der Waals surface area contributed by atoms with Crippen molar-refractivity contribution < 1.29 is 19.1 Å². The van der Waals surface area contributed by atoms with Crippen LogP contribution in [0.15, 0.2) is 78.0 Å². The van der Waals surface area contributed by atoms with E-state index in [0.29, 0.717) is 34.9 Å². The van der Waals surface area contributed by atoms with Crippen molar-refractivity contribution in [2.75, 3.05) is 24.4 Å². The van der Waals surface area contributed by atoms with Crippen molar-refractivity contribution >= 4 is 34.7 Å². The van der Waals surface area contributed by atoms with Crippen LogP contribution in [0.5, 0.6) is 11.5 Å². The Morgan fingerprint density at radius 1 is 0.944 bits per heavy atom. The number of amides is 1. The van der Waals surface area contributed by atoms with E-state index in [1.165, 1.54) is 6.92 Å². The molecule has 2 atom stereocenters. The van der Waals surface area contributed by atoms with Gasteiger partial charge in [-0.25, -0.2) is 0 Å². The molecule has 3 aromatic carbocycles. The van der Waals surface area contributed by atoms with Gasteiger partial charge in [0.2, 0.25) is 5.91 Å². The summed E-state index contributed by atoms with van der Waals surface area (Å²) in [5.74, 6) is 1.08. The second-order valence-corrected chi connectivity index (χ2v) is 9.46. The number of ketones is 1. The number of hydrogen-bond donors (Lipinski definition) is 1. The average Bonchev–Trinajstić information content (AvgIpc) is 3.03. The highest BCUT2D eigenvalue weighted by atomic mass is 35.5. The lowest BCUT2D eigenvalue weighted by Crippen LogP contribution is -2.37. The number of carbonyl (C=O) groups is 2. The maximum Gasteiger partial charge on any atom is 0.224 e. The third kappa shape index (κ3) is 4.22. The van der Waals surface area contributed by atoms with Gasteiger partial charge >= 0.3 is 0 Å². The van der Waals surface area contributed by atoms with E-state index in [1.807, 2.05) is 54.6 Å². The predicted molar refractivity (Wildman–Crippen MR) is 141 cm³/mol. The third-order valence-electron chi connectivity index (χ3n) is 6.89. The number of fused-ring (bicyclic) bond motifs is 1. The molecular weight excluding hydrogens is 476 g/mol. The third-order valence-corrected chi connectivity index (χ3v) is 7.14. The van der Waals surface area contributed by atoms with Gasteiger partial charge in [0.15, 0.2) is 17.3 Å². The number of carbonyl (C=O) groups excluding carboxylic acids is 2. The van der Waals surface area contributed by atoms with Gasteiger partial charge in [-0.2, -0.15) is 0 Å². The monoisotopic (exact) mass is 502 g/mol. The highest BCUT2D eigenvalue weighted by molar-refractivity contribution is 6.30. The zero-order valence-corrected chi connectivity index (χ0v) is 21.1. The Morgan fingerprint density at radius 2 is 1.64 bits per heavy atom. The summed E-state index contributed by atoms with van der Waals surface area (Å²) < 4.78 is 10.9. The summed E-state index contributed by atoms with van der Waals surface area (Å²) in [5.41, 5.74) is 4.78. The van der Waals surface area contributed by atoms with Crippen molar-refractivity contribution in [3.63, 3.8) is 0 Å². The number of rotatable bonds is 4. The van der Waals surface area contributed by atoms with Crippen LogP contribution in [0.25, 0.3) is 0 Å². The van der Waals surface area contributed by atoms with E-state index in [-0.39, 0.29) is 17.6 Å². The molecule has 0 bridgehead atoms. The number of halogens is 1. The highest BCUT2D eigenvalue weighted by Gasteiger charge is 2.40. The van der Waals surface area contributed by atoms with Crippen molar-refractivity contribution in [2.45, 2.75) is 31.7 Å². The quantitative estimate of drug-likeness (QED) is 0.455. The predicted octanol–water partition coefficient (Wildman–Crippen LogP) is 6.28. The van der Waals surface area contributed by atoms with Crippen LogP contribution in [0.1, 0.15) is 42.9 Å². The van der Waals surface area contributed by atoms with Crippen LogP contribution in [0.3, 0.4) is 0 Å². The first-order chi connectivity index (χ1) is 17.4. The van der Waals surface area contributed by atoms with Gasteiger partial charge in [0.1, 0.15) is 0 Å². The molecule has 1 amide bonds. The number of nitrogens with one attached hydrogen (secondary N) is 1. The van der Waals surface area contributed by atoms with Gasteiger partial charge in [-0.1, -0.05) is 41.9 Å². The molecule has 5 rings (SSSR count). The number of nitrogens with zero attached hydrogens (tertiary/aromatic N) is 1. The molecule has 1 aliphatic carbocycles. The molecule has 1 aliphatic heterocycles. The normalized spacial score (nSPS) is 19.1.